The molecule has 1 rings (SSSR count). The highest BCUT2D eigenvalue weighted by Crippen LogP contribution is 2.12. The Labute approximate surface area is 111 Å². The molecule has 1 amide bonds. The molecule has 0 saturated carbocycles. The first kappa shape index (κ1) is 14.2. The van der Waals surface area contributed by atoms with Gasteiger partial charge in [-0.2, -0.15) is 0 Å². The van der Waals surface area contributed by atoms with Gasteiger partial charge in [-0.1, -0.05) is 28.1 Å². The molecule has 3 nitrogen and oxygen atoms in total. The van der Waals surface area contributed by atoms with Crippen molar-refractivity contribution < 1.29 is 4.79 Å². The van der Waals surface area contributed by atoms with Gasteiger partial charge in [0.15, 0.2) is 0 Å². The summed E-state index contributed by atoms with van der Waals surface area (Å²) < 4.78 is 1.06. The van der Waals surface area contributed by atoms with Crippen LogP contribution in [-0.4, -0.2) is 30.4 Å². The van der Waals surface area contributed by atoms with E-state index in [4.69, 9.17) is 5.73 Å². The first-order valence-electron chi connectivity index (χ1n) is 5.74. The fraction of sp³-hybridized carbons (Fsp3) is 0.462. The van der Waals surface area contributed by atoms with E-state index >= 15 is 0 Å². The number of benzene rings is 1. The molecule has 0 fully saturated rings. The van der Waals surface area contributed by atoms with Crippen LogP contribution in [0.1, 0.15) is 18.9 Å². The van der Waals surface area contributed by atoms with Gasteiger partial charge in [0.1, 0.15) is 0 Å². The van der Waals surface area contributed by atoms with Gasteiger partial charge in [0.05, 0.1) is 0 Å². The number of nitrogens with two attached hydrogens (primary N) is 1. The number of hydrogen-bond acceptors (Lipinski definition) is 2. The molecule has 2 N–H and O–H groups in total. The van der Waals surface area contributed by atoms with Crippen LogP contribution in [0, 0.1) is 0 Å². The second-order valence-corrected chi connectivity index (χ2v) is 5.13. The molecule has 1 aromatic carbocycles. The van der Waals surface area contributed by atoms with Crippen molar-refractivity contribution in [2.75, 3.05) is 13.6 Å². The van der Waals surface area contributed by atoms with Crippen molar-refractivity contribution in [3.8, 4) is 0 Å². The third-order valence-electron chi connectivity index (χ3n) is 2.94. The van der Waals surface area contributed by atoms with E-state index in [0.29, 0.717) is 13.0 Å². The van der Waals surface area contributed by atoms with Crippen LogP contribution in [-0.2, 0) is 11.2 Å². The van der Waals surface area contributed by atoms with Crippen LogP contribution in [0.5, 0.6) is 0 Å². The molecule has 0 heterocycles. The van der Waals surface area contributed by atoms with Gasteiger partial charge >= 0.3 is 0 Å². The predicted octanol–water partition coefficient (Wildman–Crippen LogP) is 2.19. The molecule has 1 unspecified atom stereocenters. The Bertz CT molecular complexity index is 364. The second-order valence-electron chi connectivity index (χ2n) is 4.22. The fourth-order valence-corrected chi connectivity index (χ4v) is 1.75. The minimum absolute atomic E-state index is 0.104. The van der Waals surface area contributed by atoms with Crippen LogP contribution >= 0.6 is 15.9 Å². The maximum Gasteiger partial charge on any atom is 0.222 e. The van der Waals surface area contributed by atoms with E-state index in [2.05, 4.69) is 15.9 Å². The van der Waals surface area contributed by atoms with Crippen molar-refractivity contribution in [1.82, 2.24) is 4.90 Å². The van der Waals surface area contributed by atoms with Crippen molar-refractivity contribution >= 4 is 21.8 Å². The zero-order valence-corrected chi connectivity index (χ0v) is 11.9. The van der Waals surface area contributed by atoms with Crippen LogP contribution in [0.2, 0.25) is 0 Å². The van der Waals surface area contributed by atoms with Crippen LogP contribution in [0.15, 0.2) is 28.7 Å². The number of carbonyl (C=O) groups is 1. The highest BCUT2D eigenvalue weighted by atomic mass is 79.9. The summed E-state index contributed by atoms with van der Waals surface area (Å²) in [5.74, 6) is 0.144. The van der Waals surface area contributed by atoms with Crippen LogP contribution in [0.3, 0.4) is 0 Å². The van der Waals surface area contributed by atoms with Gasteiger partial charge in [0.2, 0.25) is 5.91 Å². The minimum Gasteiger partial charge on any atom is -0.342 e. The SMILES string of the molecule is CC(CN)N(C)C(=O)CCc1ccc(Br)cc1. The minimum atomic E-state index is 0.104. The number of halogens is 1. The first-order chi connectivity index (χ1) is 8.04. The molecule has 0 radical (unpaired) electrons. The Morgan fingerprint density at radius 3 is 2.53 bits per heavy atom. The molecule has 0 aromatic heterocycles. The lowest BCUT2D eigenvalue weighted by Crippen LogP contribution is -2.39. The molecule has 0 bridgehead atoms. The van der Waals surface area contributed by atoms with E-state index in [1.807, 2.05) is 31.2 Å². The molecule has 0 spiro atoms. The second kappa shape index (κ2) is 6.77. The molecule has 1 aromatic rings. The number of aryl methyl sites for hydroxylation is 1. The molecule has 94 valence electrons. The number of nitrogens with zero attached hydrogens (tertiary/aromatic N) is 1. The van der Waals surface area contributed by atoms with Gasteiger partial charge in [0.25, 0.3) is 0 Å². The molecule has 4 heteroatoms. The van der Waals surface area contributed by atoms with Gasteiger partial charge < -0.3 is 10.6 Å². The lowest BCUT2D eigenvalue weighted by atomic mass is 10.1. The summed E-state index contributed by atoms with van der Waals surface area (Å²) in [5.41, 5.74) is 6.71. The van der Waals surface area contributed by atoms with Gasteiger partial charge in [-0.05, 0) is 31.0 Å². The average Bonchev–Trinajstić information content (AvgIpc) is 2.35. The Morgan fingerprint density at radius 1 is 1.41 bits per heavy atom. The standard InChI is InChI=1S/C13H19BrN2O/c1-10(9-15)16(2)13(17)8-5-11-3-6-12(14)7-4-11/h3-4,6-7,10H,5,8-9,15H2,1-2H3. The molecular weight excluding hydrogens is 280 g/mol. The zero-order chi connectivity index (χ0) is 12.8. The summed E-state index contributed by atoms with van der Waals surface area (Å²) in [7, 11) is 1.81. The molecular formula is C13H19BrN2O. The van der Waals surface area contributed by atoms with Crippen LogP contribution < -0.4 is 5.73 Å². The van der Waals surface area contributed by atoms with E-state index in [-0.39, 0.29) is 11.9 Å². The van der Waals surface area contributed by atoms with Crippen molar-refractivity contribution in [3.63, 3.8) is 0 Å². The summed E-state index contributed by atoms with van der Waals surface area (Å²) in [4.78, 5) is 13.6. The van der Waals surface area contributed by atoms with Gasteiger partial charge in [-0.25, -0.2) is 0 Å². The molecule has 0 aliphatic heterocycles. The average molecular weight is 299 g/mol. The van der Waals surface area contributed by atoms with Crippen LogP contribution in [0.4, 0.5) is 0 Å². The largest absolute Gasteiger partial charge is 0.342 e. The van der Waals surface area contributed by atoms with Crippen LogP contribution in [0.25, 0.3) is 0 Å². The van der Waals surface area contributed by atoms with Crippen molar-refractivity contribution in [3.05, 3.63) is 34.3 Å². The smallest absolute Gasteiger partial charge is 0.222 e. The predicted molar refractivity (Wildman–Crippen MR) is 73.7 cm³/mol. The lowest BCUT2D eigenvalue weighted by Gasteiger charge is -2.23. The van der Waals surface area contributed by atoms with E-state index in [1.165, 1.54) is 5.56 Å². The molecule has 0 aliphatic rings. The quantitative estimate of drug-likeness (QED) is 0.906. The van der Waals surface area contributed by atoms with Gasteiger partial charge in [-0.15, -0.1) is 0 Å². The van der Waals surface area contributed by atoms with E-state index in [1.54, 1.807) is 11.9 Å². The Balaban J connectivity index is 2.45. The normalized spacial score (nSPS) is 12.2. The molecule has 0 saturated heterocycles. The zero-order valence-electron chi connectivity index (χ0n) is 10.3. The maximum absolute atomic E-state index is 11.8. The maximum atomic E-state index is 11.8. The molecule has 0 aliphatic carbocycles. The Kier molecular flexibility index (Phi) is 5.65. The number of likely N-dealkylation sites (N-methyl/N-ethyl adjacent to an activating group) is 1. The Hall–Kier alpha value is -0.870. The molecule has 17 heavy (non-hydrogen) atoms. The monoisotopic (exact) mass is 298 g/mol. The van der Waals surface area contributed by atoms with E-state index in [0.717, 1.165) is 10.9 Å². The van der Waals surface area contributed by atoms with Crippen molar-refractivity contribution in [2.45, 2.75) is 25.8 Å². The highest BCUT2D eigenvalue weighted by molar-refractivity contribution is 9.10. The summed E-state index contributed by atoms with van der Waals surface area (Å²) in [5, 5.41) is 0. The number of carbonyl (C=O) groups excluding carboxylic acids is 1. The third kappa shape index (κ3) is 4.48. The lowest BCUT2D eigenvalue weighted by molar-refractivity contribution is -0.131. The summed E-state index contributed by atoms with van der Waals surface area (Å²) in [6.45, 7) is 2.46. The number of rotatable bonds is 5. The number of hydrogen-bond donors (Lipinski definition) is 1. The number of amides is 1. The molecule has 1 atom stereocenters. The highest BCUT2D eigenvalue weighted by Gasteiger charge is 2.13. The van der Waals surface area contributed by atoms with E-state index < -0.39 is 0 Å². The summed E-state index contributed by atoms with van der Waals surface area (Å²) in [6, 6.07) is 8.15. The van der Waals surface area contributed by atoms with E-state index in [9.17, 15) is 4.79 Å². The van der Waals surface area contributed by atoms with Gasteiger partial charge in [-0.3, -0.25) is 4.79 Å². The van der Waals surface area contributed by atoms with Gasteiger partial charge in [0, 0.05) is 30.5 Å². The summed E-state index contributed by atoms with van der Waals surface area (Å²) >= 11 is 3.39. The van der Waals surface area contributed by atoms with Crippen molar-refractivity contribution in [2.24, 2.45) is 5.73 Å². The first-order valence-corrected chi connectivity index (χ1v) is 6.54. The van der Waals surface area contributed by atoms with Crippen molar-refractivity contribution in [1.29, 1.82) is 0 Å². The summed E-state index contributed by atoms with van der Waals surface area (Å²) in [6.07, 6.45) is 1.30. The fourth-order valence-electron chi connectivity index (χ4n) is 1.48. The third-order valence-corrected chi connectivity index (χ3v) is 3.47. The Morgan fingerprint density at radius 2 is 2.00 bits per heavy atom. The topological polar surface area (TPSA) is 46.3 Å².